The van der Waals surface area contributed by atoms with Gasteiger partial charge in [-0.15, -0.1) is 0 Å². The fourth-order valence-corrected chi connectivity index (χ4v) is 5.32. The second-order valence-corrected chi connectivity index (χ2v) is 12.3. The van der Waals surface area contributed by atoms with Crippen LogP contribution in [0, 0.1) is 28.4 Å². The molecule has 56 heavy (non-hydrogen) atoms. The van der Waals surface area contributed by atoms with Crippen LogP contribution in [0.1, 0.15) is 36.6 Å². The maximum atomic E-state index is 12.1. The Kier molecular flexibility index (Phi) is 16.5. The van der Waals surface area contributed by atoms with E-state index >= 15 is 0 Å². The second-order valence-electron chi connectivity index (χ2n) is 12.3. The van der Waals surface area contributed by atoms with E-state index in [0.29, 0.717) is 31.7 Å². The van der Waals surface area contributed by atoms with Crippen molar-refractivity contribution in [3.8, 4) is 34.8 Å². The van der Waals surface area contributed by atoms with Crippen LogP contribution in [-0.4, -0.2) is 98.5 Å². The van der Waals surface area contributed by atoms with E-state index in [1.54, 1.807) is 45.2 Å². The Morgan fingerprint density at radius 3 is 2.23 bits per heavy atom. The van der Waals surface area contributed by atoms with Gasteiger partial charge in [-0.1, -0.05) is 29.8 Å². The number of nitrogens with zero attached hydrogens (tertiary/aromatic N) is 5. The minimum Gasteiger partial charge on any atom is -0.508 e. The molecule has 0 fully saturated rings. The number of nitro benzene ring substituents is 1. The molecule has 0 saturated heterocycles. The molecule has 16 heteroatoms. The maximum absolute atomic E-state index is 12.1. The number of carbonyl (C=O) groups excluding carboxylic acids is 1. The number of rotatable bonds is 12. The zero-order chi connectivity index (χ0) is 41.4. The van der Waals surface area contributed by atoms with Crippen LogP contribution >= 0.6 is 0 Å². The number of carbonyl (C=O) groups is 1. The molecule has 8 N–H and O–H groups in total. The van der Waals surface area contributed by atoms with E-state index in [-0.39, 0.29) is 28.4 Å². The van der Waals surface area contributed by atoms with Gasteiger partial charge in [-0.3, -0.25) is 19.9 Å². The number of aliphatic hydroxyl groups excluding tert-OH is 1. The van der Waals surface area contributed by atoms with E-state index < -0.39 is 34.1 Å². The van der Waals surface area contributed by atoms with Crippen molar-refractivity contribution in [2.45, 2.75) is 26.9 Å². The average molecular weight is 770 g/mol. The number of likely N-dealkylation sites (N-methyl/N-ethyl adjacent to an activating group) is 2. The van der Waals surface area contributed by atoms with Crippen molar-refractivity contribution < 1.29 is 40.4 Å². The van der Waals surface area contributed by atoms with Crippen LogP contribution in [0.4, 0.5) is 17.1 Å². The molecule has 1 heterocycles. The lowest BCUT2D eigenvalue weighted by atomic mass is 10.1. The van der Waals surface area contributed by atoms with Gasteiger partial charge in [0.1, 0.15) is 23.2 Å². The predicted molar refractivity (Wildman–Crippen MR) is 213 cm³/mol. The predicted octanol–water partition coefficient (Wildman–Crippen LogP) is 4.97. The molecule has 296 valence electrons. The summed E-state index contributed by atoms with van der Waals surface area (Å²) in [5.74, 6) is -1.22. The van der Waals surface area contributed by atoms with Gasteiger partial charge in [0.05, 0.1) is 24.1 Å². The summed E-state index contributed by atoms with van der Waals surface area (Å²) < 4.78 is 0. The van der Waals surface area contributed by atoms with E-state index in [1.807, 2.05) is 12.1 Å². The molecule has 1 aliphatic rings. The van der Waals surface area contributed by atoms with Gasteiger partial charge in [0.2, 0.25) is 5.75 Å². The van der Waals surface area contributed by atoms with Crippen LogP contribution in [0.5, 0.6) is 28.7 Å². The molecule has 0 aliphatic carbocycles. The minimum atomic E-state index is -0.870. The molecular formula is C40H47N7O9. The number of aliphatic imine (C=N–C) groups is 1. The zero-order valence-electron chi connectivity index (χ0n) is 31.5. The van der Waals surface area contributed by atoms with Gasteiger partial charge in [0, 0.05) is 49.7 Å². The van der Waals surface area contributed by atoms with Crippen molar-refractivity contribution in [2.75, 3.05) is 51.2 Å². The molecular weight excluding hydrogens is 722 g/mol. The van der Waals surface area contributed by atoms with Crippen molar-refractivity contribution in [1.29, 1.82) is 5.26 Å². The zero-order valence-corrected chi connectivity index (χ0v) is 31.5. The molecule has 1 aliphatic heterocycles. The van der Waals surface area contributed by atoms with Gasteiger partial charge >= 0.3 is 5.69 Å². The third-order valence-corrected chi connectivity index (χ3v) is 8.32. The Balaban J connectivity index is 0.000000233. The van der Waals surface area contributed by atoms with E-state index in [4.69, 9.17) is 15.5 Å². The number of benzene rings is 4. The Morgan fingerprint density at radius 1 is 0.982 bits per heavy atom. The maximum Gasteiger partial charge on any atom is 0.315 e. The highest BCUT2D eigenvalue weighted by atomic mass is 16.6. The Hall–Kier alpha value is -6.83. The number of aromatic hydroxyl groups is 5. The van der Waals surface area contributed by atoms with Gasteiger partial charge in [-0.25, -0.2) is 0 Å². The Morgan fingerprint density at radius 2 is 1.68 bits per heavy atom. The number of nitro groups is 1. The van der Waals surface area contributed by atoms with Crippen molar-refractivity contribution in [3.63, 3.8) is 0 Å². The highest BCUT2D eigenvalue weighted by molar-refractivity contribution is 6.01. The molecule has 0 radical (unpaired) electrons. The van der Waals surface area contributed by atoms with Crippen molar-refractivity contribution in [2.24, 2.45) is 4.99 Å². The third-order valence-electron chi connectivity index (χ3n) is 8.32. The number of amides is 1. The van der Waals surface area contributed by atoms with E-state index in [9.17, 15) is 35.3 Å². The first kappa shape index (κ1) is 43.6. The summed E-state index contributed by atoms with van der Waals surface area (Å²) in [5.41, 5.74) is 2.98. The topological polar surface area (TPSA) is 248 Å². The van der Waals surface area contributed by atoms with Gasteiger partial charge in [-0.2, -0.15) is 5.26 Å². The SMILES string of the molecule is CCN(CC)C(=O)/C(C#N)=C/c1cc(O)c(O)c([N+](=O)[O-])c1.CNC[C@H](O)c1ccc(O)c(O)c1.Cc1ccc(N(CC2=NCCN2)c2cccc(O)c2)cc1. The fourth-order valence-electron chi connectivity index (χ4n) is 5.32. The largest absolute Gasteiger partial charge is 0.508 e. The quantitative estimate of drug-likeness (QED) is 0.0312. The summed E-state index contributed by atoms with van der Waals surface area (Å²) in [6, 6.07) is 23.7. The number of nitrogens with one attached hydrogen (secondary N) is 2. The summed E-state index contributed by atoms with van der Waals surface area (Å²) in [6.07, 6.45) is 0.462. The van der Waals surface area contributed by atoms with E-state index in [2.05, 4.69) is 51.7 Å². The second kappa shape index (κ2) is 21.2. The van der Waals surface area contributed by atoms with Crippen LogP contribution < -0.4 is 15.5 Å². The monoisotopic (exact) mass is 769 g/mol. The molecule has 0 saturated carbocycles. The molecule has 16 nitrogen and oxygen atoms in total. The number of aliphatic hydroxyl groups is 1. The summed E-state index contributed by atoms with van der Waals surface area (Å²) in [7, 11) is 1.73. The lowest BCUT2D eigenvalue weighted by Crippen LogP contribution is -2.32. The number of nitriles is 1. The highest BCUT2D eigenvalue weighted by Crippen LogP contribution is 2.37. The molecule has 0 bridgehead atoms. The molecule has 5 rings (SSSR count). The summed E-state index contributed by atoms with van der Waals surface area (Å²) >= 11 is 0. The van der Waals surface area contributed by atoms with Crippen LogP contribution in [0.2, 0.25) is 0 Å². The van der Waals surface area contributed by atoms with Crippen LogP contribution in [-0.2, 0) is 4.79 Å². The first-order valence-electron chi connectivity index (χ1n) is 17.6. The van der Waals surface area contributed by atoms with Crippen LogP contribution in [0.15, 0.2) is 89.4 Å². The number of anilines is 2. The Bertz CT molecular complexity index is 2060. The molecule has 4 aromatic rings. The fraction of sp³-hybridized carbons (Fsp3) is 0.275. The van der Waals surface area contributed by atoms with Crippen molar-refractivity contribution >= 4 is 34.9 Å². The summed E-state index contributed by atoms with van der Waals surface area (Å²) in [5, 5.41) is 82.2. The van der Waals surface area contributed by atoms with Crippen molar-refractivity contribution in [1.82, 2.24) is 15.5 Å². The number of hydrogen-bond donors (Lipinski definition) is 8. The minimum absolute atomic E-state index is 0.0686. The van der Waals surface area contributed by atoms with Gasteiger partial charge in [0.25, 0.3) is 5.91 Å². The van der Waals surface area contributed by atoms with E-state index in [1.165, 1.54) is 22.6 Å². The lowest BCUT2D eigenvalue weighted by molar-refractivity contribution is -0.386. The number of amidine groups is 1. The Labute approximate surface area is 324 Å². The molecule has 0 unspecified atom stereocenters. The van der Waals surface area contributed by atoms with Crippen LogP contribution in [0.25, 0.3) is 6.08 Å². The number of hydrogen-bond acceptors (Lipinski definition) is 14. The van der Waals surface area contributed by atoms with Crippen molar-refractivity contribution in [3.05, 3.63) is 111 Å². The standard InChI is InChI=1S/C17H19N3O.C14H15N3O5.C9H13NO3/c1-13-5-7-14(8-6-13)20(12-17-18-9-10-19-17)15-3-2-4-16(21)11-15;1-3-16(4-2)14(20)10(8-15)5-9-6-11(17(21)22)13(19)12(18)7-9;1-10-5-9(13)6-2-3-7(11)8(12)4-6/h2-8,11,21H,9-10,12H2,1H3,(H,18,19);5-7,18-19H,3-4H2,1-2H3;2-4,9-13H,5H2,1H3/b;10-5+;/t;;9-/m..0/s1. The molecule has 1 amide bonds. The lowest BCUT2D eigenvalue weighted by Gasteiger charge is -2.25. The number of phenolic OH excluding ortho intramolecular Hbond substituents is 5. The highest BCUT2D eigenvalue weighted by Gasteiger charge is 2.21. The summed E-state index contributed by atoms with van der Waals surface area (Å²) in [4.78, 5) is 30.1. The molecule has 0 spiro atoms. The van der Waals surface area contributed by atoms with Gasteiger partial charge in [-0.05, 0) is 87.5 Å². The van der Waals surface area contributed by atoms with Gasteiger partial charge in [0.15, 0.2) is 17.2 Å². The summed E-state index contributed by atoms with van der Waals surface area (Å²) in [6.45, 7) is 9.22. The third kappa shape index (κ3) is 12.4. The van der Waals surface area contributed by atoms with E-state index in [0.717, 1.165) is 48.5 Å². The van der Waals surface area contributed by atoms with Gasteiger partial charge < -0.3 is 51.1 Å². The normalized spacial score (nSPS) is 12.4. The van der Waals surface area contributed by atoms with Crippen LogP contribution in [0.3, 0.4) is 0 Å². The average Bonchev–Trinajstić information content (AvgIpc) is 3.70. The molecule has 1 atom stereocenters. The first-order chi connectivity index (χ1) is 26.7. The number of phenols is 5. The molecule has 0 aromatic heterocycles. The first-order valence-corrected chi connectivity index (χ1v) is 17.6. The molecule has 4 aromatic carbocycles. The smallest absolute Gasteiger partial charge is 0.315 e. The number of aryl methyl sites for hydroxylation is 1.